The van der Waals surface area contributed by atoms with E-state index in [0.29, 0.717) is 6.54 Å². The van der Waals surface area contributed by atoms with Gasteiger partial charge in [0, 0.05) is 26.2 Å². The number of benzene rings is 1. The van der Waals surface area contributed by atoms with E-state index >= 15 is 0 Å². The van der Waals surface area contributed by atoms with Gasteiger partial charge in [0.15, 0.2) is 0 Å². The molecule has 1 aromatic carbocycles. The molecule has 0 saturated carbocycles. The van der Waals surface area contributed by atoms with Crippen LogP contribution in [0.2, 0.25) is 0 Å². The second-order valence-electron chi connectivity index (χ2n) is 7.43. The number of carbonyl (C=O) groups is 2. The van der Waals surface area contributed by atoms with Gasteiger partial charge < -0.3 is 15.1 Å². The van der Waals surface area contributed by atoms with Crippen molar-refractivity contribution in [3.63, 3.8) is 0 Å². The van der Waals surface area contributed by atoms with E-state index in [-0.39, 0.29) is 23.1 Å². The van der Waals surface area contributed by atoms with Gasteiger partial charge in [0.1, 0.15) is 0 Å². The highest BCUT2D eigenvalue weighted by molar-refractivity contribution is 5.85. The zero-order valence-corrected chi connectivity index (χ0v) is 15.3. The molecule has 136 valence electrons. The minimum atomic E-state index is -0.0468. The van der Waals surface area contributed by atoms with E-state index in [2.05, 4.69) is 24.4 Å². The third-order valence-corrected chi connectivity index (χ3v) is 5.86. The summed E-state index contributed by atoms with van der Waals surface area (Å²) >= 11 is 0. The Kier molecular flexibility index (Phi) is 5.42. The minimum absolute atomic E-state index is 0.0468. The molecule has 2 amide bonds. The number of carbonyl (C=O) groups excluding carboxylic acids is 2. The Bertz CT molecular complexity index is 609. The average Bonchev–Trinajstić information content (AvgIpc) is 2.65. The Morgan fingerprint density at radius 1 is 1.24 bits per heavy atom. The maximum atomic E-state index is 12.9. The van der Waals surface area contributed by atoms with Crippen LogP contribution >= 0.6 is 0 Å². The van der Waals surface area contributed by atoms with Gasteiger partial charge in [-0.3, -0.25) is 9.59 Å². The lowest BCUT2D eigenvalue weighted by atomic mass is 9.67. The number of likely N-dealkylation sites (tertiary alicyclic amines) is 2. The van der Waals surface area contributed by atoms with Crippen molar-refractivity contribution in [2.45, 2.75) is 32.1 Å². The standard InChI is InChI=1S/C20H29N3O2/c1-3-22-15-20(9-11-23(12-10-20)18(24)14-21-2)13-17(19(22)25)16-7-5-4-6-8-16/h4-8,17,21H,3,9-15H2,1-2H3/t17-/m0/s1. The van der Waals surface area contributed by atoms with Crippen LogP contribution in [0.3, 0.4) is 0 Å². The zero-order chi connectivity index (χ0) is 17.9. The Labute approximate surface area is 150 Å². The van der Waals surface area contributed by atoms with E-state index in [9.17, 15) is 9.59 Å². The molecule has 5 nitrogen and oxygen atoms in total. The summed E-state index contributed by atoms with van der Waals surface area (Å²) in [4.78, 5) is 29.0. The molecule has 3 rings (SSSR count). The molecule has 2 aliphatic rings. The minimum Gasteiger partial charge on any atom is -0.342 e. The number of nitrogens with one attached hydrogen (secondary N) is 1. The molecule has 2 heterocycles. The first-order valence-corrected chi connectivity index (χ1v) is 9.35. The maximum absolute atomic E-state index is 12.9. The van der Waals surface area contributed by atoms with E-state index in [1.54, 1.807) is 7.05 Å². The molecule has 1 spiro atoms. The first kappa shape index (κ1) is 17.9. The van der Waals surface area contributed by atoms with Gasteiger partial charge in [0.2, 0.25) is 11.8 Å². The number of piperidine rings is 2. The van der Waals surface area contributed by atoms with E-state index in [1.807, 2.05) is 28.0 Å². The number of amides is 2. The average molecular weight is 343 g/mol. The second kappa shape index (κ2) is 7.56. The van der Waals surface area contributed by atoms with Crippen LogP contribution in [0, 0.1) is 5.41 Å². The van der Waals surface area contributed by atoms with Gasteiger partial charge in [0.05, 0.1) is 12.5 Å². The maximum Gasteiger partial charge on any atom is 0.236 e. The van der Waals surface area contributed by atoms with Crippen molar-refractivity contribution in [2.75, 3.05) is 39.8 Å². The molecule has 0 bridgehead atoms. The molecular formula is C20H29N3O2. The molecule has 0 unspecified atom stereocenters. The fraction of sp³-hybridized carbons (Fsp3) is 0.600. The van der Waals surface area contributed by atoms with Gasteiger partial charge in [0.25, 0.3) is 0 Å². The fourth-order valence-electron chi connectivity index (χ4n) is 4.36. The van der Waals surface area contributed by atoms with Crippen LogP contribution in [0.1, 0.15) is 37.7 Å². The van der Waals surface area contributed by atoms with E-state index in [0.717, 1.165) is 51.0 Å². The predicted octanol–water partition coefficient (Wildman–Crippen LogP) is 1.85. The van der Waals surface area contributed by atoms with Crippen molar-refractivity contribution in [3.8, 4) is 0 Å². The smallest absolute Gasteiger partial charge is 0.236 e. The monoisotopic (exact) mass is 343 g/mol. The summed E-state index contributed by atoms with van der Waals surface area (Å²) < 4.78 is 0. The summed E-state index contributed by atoms with van der Waals surface area (Å²) in [7, 11) is 1.81. The van der Waals surface area contributed by atoms with Crippen molar-refractivity contribution in [2.24, 2.45) is 5.41 Å². The summed E-state index contributed by atoms with van der Waals surface area (Å²) in [5.74, 6) is 0.388. The van der Waals surface area contributed by atoms with Gasteiger partial charge in [-0.25, -0.2) is 0 Å². The molecule has 1 N–H and O–H groups in total. The normalized spacial score (nSPS) is 23.1. The van der Waals surface area contributed by atoms with Crippen LogP contribution in [-0.4, -0.2) is 61.4 Å². The number of hydrogen-bond acceptors (Lipinski definition) is 3. The van der Waals surface area contributed by atoms with Crippen LogP contribution in [0.25, 0.3) is 0 Å². The molecular weight excluding hydrogens is 314 g/mol. The molecule has 0 aromatic heterocycles. The van der Waals surface area contributed by atoms with Crippen LogP contribution in [0.5, 0.6) is 0 Å². The molecule has 2 aliphatic heterocycles. The number of hydrogen-bond donors (Lipinski definition) is 1. The SMILES string of the molecule is CCN1CC2(CCN(C(=O)CNC)CC2)C[C@@H](c2ccccc2)C1=O. The lowest BCUT2D eigenvalue weighted by molar-refractivity contribution is -0.144. The van der Waals surface area contributed by atoms with Crippen LogP contribution in [0.15, 0.2) is 30.3 Å². The highest BCUT2D eigenvalue weighted by Crippen LogP contribution is 2.45. The second-order valence-corrected chi connectivity index (χ2v) is 7.43. The summed E-state index contributed by atoms with van der Waals surface area (Å²) in [6, 6.07) is 10.2. The Morgan fingerprint density at radius 2 is 1.92 bits per heavy atom. The van der Waals surface area contributed by atoms with Crippen molar-refractivity contribution in [1.29, 1.82) is 0 Å². The summed E-state index contributed by atoms with van der Waals surface area (Å²) in [5, 5.41) is 2.94. The van der Waals surface area contributed by atoms with E-state index in [4.69, 9.17) is 0 Å². The molecule has 0 radical (unpaired) electrons. The summed E-state index contributed by atoms with van der Waals surface area (Å²) in [5.41, 5.74) is 1.26. The fourth-order valence-corrected chi connectivity index (χ4v) is 4.36. The molecule has 1 atom stereocenters. The van der Waals surface area contributed by atoms with Crippen molar-refractivity contribution < 1.29 is 9.59 Å². The quantitative estimate of drug-likeness (QED) is 0.908. The Balaban J connectivity index is 1.76. The molecule has 2 saturated heterocycles. The van der Waals surface area contributed by atoms with E-state index in [1.165, 1.54) is 0 Å². The van der Waals surface area contributed by atoms with Crippen LogP contribution in [0.4, 0.5) is 0 Å². The molecule has 2 fully saturated rings. The van der Waals surface area contributed by atoms with Crippen molar-refractivity contribution >= 4 is 11.8 Å². The lowest BCUT2D eigenvalue weighted by Crippen LogP contribution is -2.55. The molecule has 0 aliphatic carbocycles. The largest absolute Gasteiger partial charge is 0.342 e. The van der Waals surface area contributed by atoms with Gasteiger partial charge in [-0.2, -0.15) is 0 Å². The highest BCUT2D eigenvalue weighted by atomic mass is 16.2. The number of nitrogens with zero attached hydrogens (tertiary/aromatic N) is 2. The lowest BCUT2D eigenvalue weighted by Gasteiger charge is -2.49. The summed E-state index contributed by atoms with van der Waals surface area (Å²) in [6.07, 6.45) is 2.87. The topological polar surface area (TPSA) is 52.6 Å². The van der Waals surface area contributed by atoms with Crippen LogP contribution < -0.4 is 5.32 Å². The third kappa shape index (κ3) is 3.71. The Hall–Kier alpha value is -1.88. The predicted molar refractivity (Wildman–Crippen MR) is 98.2 cm³/mol. The molecule has 1 aromatic rings. The first-order valence-electron chi connectivity index (χ1n) is 9.35. The summed E-state index contributed by atoms with van der Waals surface area (Å²) in [6.45, 7) is 5.65. The van der Waals surface area contributed by atoms with Crippen LogP contribution in [-0.2, 0) is 9.59 Å². The van der Waals surface area contributed by atoms with Crippen molar-refractivity contribution in [1.82, 2.24) is 15.1 Å². The van der Waals surface area contributed by atoms with Gasteiger partial charge in [-0.15, -0.1) is 0 Å². The van der Waals surface area contributed by atoms with E-state index < -0.39 is 0 Å². The van der Waals surface area contributed by atoms with Crippen molar-refractivity contribution in [3.05, 3.63) is 35.9 Å². The van der Waals surface area contributed by atoms with Gasteiger partial charge in [-0.1, -0.05) is 30.3 Å². The highest BCUT2D eigenvalue weighted by Gasteiger charge is 2.46. The third-order valence-electron chi connectivity index (χ3n) is 5.86. The van der Waals surface area contributed by atoms with Gasteiger partial charge >= 0.3 is 0 Å². The first-order chi connectivity index (χ1) is 12.1. The molecule has 5 heteroatoms. The Morgan fingerprint density at radius 3 is 2.52 bits per heavy atom. The molecule has 25 heavy (non-hydrogen) atoms. The number of rotatable bonds is 4. The zero-order valence-electron chi connectivity index (χ0n) is 15.3. The van der Waals surface area contributed by atoms with Gasteiger partial charge in [-0.05, 0) is 44.2 Å². The number of likely N-dealkylation sites (N-methyl/N-ethyl adjacent to an activating group) is 2.